The van der Waals surface area contributed by atoms with Crippen molar-refractivity contribution < 1.29 is 0 Å². The quantitative estimate of drug-likeness (QED) is 0.642. The third-order valence-electron chi connectivity index (χ3n) is 4.41. The number of benzene rings is 1. The first kappa shape index (κ1) is 14.8. The second kappa shape index (κ2) is 6.25. The molecular formula is C16H25ClN2. The average Bonchev–Trinajstić information content (AvgIpc) is 2.33. The van der Waals surface area contributed by atoms with Crippen molar-refractivity contribution in [3.8, 4) is 0 Å². The maximum atomic E-state index is 6.11. The molecule has 0 amide bonds. The molecule has 1 aromatic rings. The van der Waals surface area contributed by atoms with E-state index in [0.717, 1.165) is 22.4 Å². The van der Waals surface area contributed by atoms with E-state index >= 15 is 0 Å². The van der Waals surface area contributed by atoms with Gasteiger partial charge in [0.1, 0.15) is 0 Å². The van der Waals surface area contributed by atoms with Crippen LogP contribution in [0.1, 0.15) is 50.3 Å². The van der Waals surface area contributed by atoms with E-state index in [1.807, 2.05) is 13.0 Å². The Morgan fingerprint density at radius 1 is 1.21 bits per heavy atom. The predicted molar refractivity (Wildman–Crippen MR) is 81.9 cm³/mol. The lowest BCUT2D eigenvalue weighted by Crippen LogP contribution is -2.37. The number of halogens is 1. The number of hydrogen-bond donors (Lipinski definition) is 2. The Hall–Kier alpha value is -0.570. The molecule has 19 heavy (non-hydrogen) atoms. The van der Waals surface area contributed by atoms with Gasteiger partial charge in [-0.3, -0.25) is 11.3 Å². The van der Waals surface area contributed by atoms with E-state index in [9.17, 15) is 0 Å². The Labute approximate surface area is 121 Å². The zero-order valence-corrected chi connectivity index (χ0v) is 12.9. The van der Waals surface area contributed by atoms with E-state index < -0.39 is 0 Å². The zero-order valence-electron chi connectivity index (χ0n) is 12.1. The standard InChI is InChI=1S/C16H25ClN2/c1-10-6-11(2)8-14(7-10)16(19-18)13-4-5-15(17)12(3)9-13/h4-5,9-11,14,16,19H,6-8,18H2,1-3H3. The Morgan fingerprint density at radius 2 is 1.84 bits per heavy atom. The Kier molecular flexibility index (Phi) is 4.88. The summed E-state index contributed by atoms with van der Waals surface area (Å²) in [5, 5.41) is 0.824. The lowest BCUT2D eigenvalue weighted by atomic mass is 9.72. The molecule has 0 spiro atoms. The zero-order chi connectivity index (χ0) is 14.0. The van der Waals surface area contributed by atoms with Crippen LogP contribution in [-0.4, -0.2) is 0 Å². The van der Waals surface area contributed by atoms with Gasteiger partial charge in [-0.05, 0) is 61.1 Å². The van der Waals surface area contributed by atoms with Crippen molar-refractivity contribution in [2.75, 3.05) is 0 Å². The molecule has 0 aliphatic heterocycles. The number of nitrogens with two attached hydrogens (primary N) is 1. The van der Waals surface area contributed by atoms with Crippen LogP contribution >= 0.6 is 11.6 Å². The molecule has 1 aromatic carbocycles. The molecule has 0 heterocycles. The number of aryl methyl sites for hydroxylation is 1. The van der Waals surface area contributed by atoms with Gasteiger partial charge in [0.05, 0.1) is 0 Å². The van der Waals surface area contributed by atoms with Crippen LogP contribution in [0.25, 0.3) is 0 Å². The topological polar surface area (TPSA) is 38.0 Å². The summed E-state index contributed by atoms with van der Waals surface area (Å²) < 4.78 is 0. The molecule has 3 heteroatoms. The highest BCUT2D eigenvalue weighted by Gasteiger charge is 2.30. The van der Waals surface area contributed by atoms with Gasteiger partial charge in [-0.2, -0.15) is 0 Å². The van der Waals surface area contributed by atoms with E-state index in [2.05, 4.69) is 31.4 Å². The summed E-state index contributed by atoms with van der Waals surface area (Å²) in [6, 6.07) is 6.48. The molecule has 1 aliphatic carbocycles. The van der Waals surface area contributed by atoms with Gasteiger partial charge in [0, 0.05) is 11.1 Å². The minimum atomic E-state index is 0.237. The average molecular weight is 281 g/mol. The van der Waals surface area contributed by atoms with Crippen LogP contribution in [0.5, 0.6) is 0 Å². The minimum Gasteiger partial charge on any atom is -0.271 e. The Balaban J connectivity index is 2.21. The van der Waals surface area contributed by atoms with E-state index in [4.69, 9.17) is 17.4 Å². The Bertz CT molecular complexity index is 423. The fourth-order valence-corrected chi connectivity index (χ4v) is 3.76. The SMILES string of the molecule is Cc1cc(C(NN)C2CC(C)CC(C)C2)ccc1Cl. The molecule has 0 bridgehead atoms. The van der Waals surface area contributed by atoms with E-state index in [1.165, 1.54) is 24.8 Å². The predicted octanol–water partition coefficient (Wildman–Crippen LogP) is 4.23. The van der Waals surface area contributed by atoms with Crippen LogP contribution in [0.15, 0.2) is 18.2 Å². The highest BCUT2D eigenvalue weighted by Crippen LogP contribution is 2.39. The summed E-state index contributed by atoms with van der Waals surface area (Å²) in [5.74, 6) is 8.03. The summed E-state index contributed by atoms with van der Waals surface area (Å²) in [5.41, 5.74) is 5.41. The first-order chi connectivity index (χ1) is 9.01. The molecule has 1 aliphatic rings. The van der Waals surface area contributed by atoms with Crippen LogP contribution < -0.4 is 11.3 Å². The van der Waals surface area contributed by atoms with Crippen LogP contribution in [-0.2, 0) is 0 Å². The lowest BCUT2D eigenvalue weighted by Gasteiger charge is -2.36. The fraction of sp³-hybridized carbons (Fsp3) is 0.625. The van der Waals surface area contributed by atoms with Gasteiger partial charge in [0.15, 0.2) is 0 Å². The van der Waals surface area contributed by atoms with Gasteiger partial charge in [-0.15, -0.1) is 0 Å². The van der Waals surface area contributed by atoms with Crippen molar-refractivity contribution in [2.45, 2.75) is 46.1 Å². The lowest BCUT2D eigenvalue weighted by molar-refractivity contribution is 0.177. The van der Waals surface area contributed by atoms with Gasteiger partial charge in [0.25, 0.3) is 0 Å². The smallest absolute Gasteiger partial charge is 0.0488 e. The van der Waals surface area contributed by atoms with Crippen molar-refractivity contribution in [1.82, 2.24) is 5.43 Å². The molecular weight excluding hydrogens is 256 g/mol. The van der Waals surface area contributed by atoms with E-state index in [-0.39, 0.29) is 6.04 Å². The minimum absolute atomic E-state index is 0.237. The van der Waals surface area contributed by atoms with Crippen LogP contribution in [0.4, 0.5) is 0 Å². The van der Waals surface area contributed by atoms with Crippen molar-refractivity contribution in [3.63, 3.8) is 0 Å². The first-order valence-corrected chi connectivity index (χ1v) is 7.61. The number of rotatable bonds is 3. The second-order valence-corrected chi connectivity index (χ2v) is 6.74. The summed E-state index contributed by atoms with van der Waals surface area (Å²) >= 11 is 6.11. The number of nitrogens with one attached hydrogen (secondary N) is 1. The fourth-order valence-electron chi connectivity index (χ4n) is 3.65. The molecule has 1 fully saturated rings. The number of hydrazine groups is 1. The molecule has 0 radical (unpaired) electrons. The molecule has 3 N–H and O–H groups in total. The molecule has 0 aromatic heterocycles. The van der Waals surface area contributed by atoms with Gasteiger partial charge in [0.2, 0.25) is 0 Å². The largest absolute Gasteiger partial charge is 0.271 e. The van der Waals surface area contributed by atoms with Crippen LogP contribution in [0, 0.1) is 24.7 Å². The molecule has 2 nitrogen and oxygen atoms in total. The van der Waals surface area contributed by atoms with Crippen molar-refractivity contribution in [1.29, 1.82) is 0 Å². The molecule has 1 saturated carbocycles. The van der Waals surface area contributed by atoms with Gasteiger partial charge < -0.3 is 0 Å². The molecule has 2 rings (SSSR count). The molecule has 0 saturated heterocycles. The van der Waals surface area contributed by atoms with Crippen LogP contribution in [0.3, 0.4) is 0 Å². The summed E-state index contributed by atoms with van der Waals surface area (Å²) in [6.07, 6.45) is 3.84. The van der Waals surface area contributed by atoms with Crippen molar-refractivity contribution in [3.05, 3.63) is 34.3 Å². The van der Waals surface area contributed by atoms with Gasteiger partial charge in [-0.25, -0.2) is 0 Å². The third-order valence-corrected chi connectivity index (χ3v) is 4.83. The van der Waals surface area contributed by atoms with Crippen molar-refractivity contribution >= 4 is 11.6 Å². The molecule has 106 valence electrons. The van der Waals surface area contributed by atoms with Crippen molar-refractivity contribution in [2.24, 2.45) is 23.6 Å². The highest BCUT2D eigenvalue weighted by atomic mass is 35.5. The van der Waals surface area contributed by atoms with E-state index in [0.29, 0.717) is 5.92 Å². The highest BCUT2D eigenvalue weighted by molar-refractivity contribution is 6.31. The van der Waals surface area contributed by atoms with Gasteiger partial charge >= 0.3 is 0 Å². The Morgan fingerprint density at radius 3 is 2.37 bits per heavy atom. The summed E-state index contributed by atoms with van der Waals surface area (Å²) in [4.78, 5) is 0. The second-order valence-electron chi connectivity index (χ2n) is 6.33. The third kappa shape index (κ3) is 3.50. The number of hydrogen-bond acceptors (Lipinski definition) is 2. The normalized spacial score (nSPS) is 29.2. The first-order valence-electron chi connectivity index (χ1n) is 7.23. The summed E-state index contributed by atoms with van der Waals surface area (Å²) in [7, 11) is 0. The monoisotopic (exact) mass is 280 g/mol. The maximum Gasteiger partial charge on any atom is 0.0488 e. The van der Waals surface area contributed by atoms with Gasteiger partial charge in [-0.1, -0.05) is 37.6 Å². The maximum absolute atomic E-state index is 6.11. The summed E-state index contributed by atoms with van der Waals surface area (Å²) in [6.45, 7) is 6.75. The van der Waals surface area contributed by atoms with Crippen LogP contribution in [0.2, 0.25) is 5.02 Å². The molecule has 3 unspecified atom stereocenters. The molecule has 3 atom stereocenters. The van der Waals surface area contributed by atoms with E-state index in [1.54, 1.807) is 0 Å².